The fourth-order valence-corrected chi connectivity index (χ4v) is 3.21. The smallest absolute Gasteiger partial charge is 0.211 e. The molecule has 0 aliphatic carbocycles. The summed E-state index contributed by atoms with van der Waals surface area (Å²) in [6.07, 6.45) is 6.66. The molecule has 20 heavy (non-hydrogen) atoms. The Hall–Kier alpha value is -1.38. The Kier molecular flexibility index (Phi) is 7.27. The van der Waals surface area contributed by atoms with Crippen LogP contribution in [0.1, 0.15) is 51.0 Å². The van der Waals surface area contributed by atoms with E-state index in [-0.39, 0.29) is 10.5 Å². The predicted molar refractivity (Wildman–Crippen MR) is 79.7 cm³/mol. The predicted octanol–water partition coefficient (Wildman–Crippen LogP) is 3.20. The highest BCUT2D eigenvalue weighted by Crippen LogP contribution is 2.14. The maximum absolute atomic E-state index is 12.1. The molecule has 0 atom stereocenters. The number of sulfonamides is 1. The Bertz CT molecular complexity index is 547. The zero-order valence-corrected chi connectivity index (χ0v) is 12.7. The lowest BCUT2D eigenvalue weighted by Gasteiger charge is -2.07. The molecule has 0 aliphatic rings. The summed E-state index contributed by atoms with van der Waals surface area (Å²) in [7, 11) is -3.57. The lowest BCUT2D eigenvalue weighted by molar-refractivity contribution is 0.567. The maximum atomic E-state index is 12.1. The second kappa shape index (κ2) is 8.72. The largest absolute Gasteiger partial charge is 0.241 e. The van der Waals surface area contributed by atoms with Crippen molar-refractivity contribution in [2.75, 3.05) is 6.54 Å². The van der Waals surface area contributed by atoms with Crippen LogP contribution in [0.3, 0.4) is 0 Å². The van der Waals surface area contributed by atoms with Crippen LogP contribution < -0.4 is 4.72 Å². The molecule has 1 N–H and O–H groups in total. The molecule has 0 radical (unpaired) electrons. The lowest BCUT2D eigenvalue weighted by atomic mass is 10.1. The van der Waals surface area contributed by atoms with E-state index in [1.54, 1.807) is 12.1 Å². The van der Waals surface area contributed by atoms with Gasteiger partial charge in [0.2, 0.25) is 10.0 Å². The van der Waals surface area contributed by atoms with Crippen LogP contribution in [-0.2, 0) is 10.0 Å². The SMILES string of the molecule is CCCCCCCCNS(=O)(=O)c1ccccc1C#N. The normalized spacial score (nSPS) is 11.2. The first-order valence-electron chi connectivity index (χ1n) is 7.10. The van der Waals surface area contributed by atoms with E-state index in [1.165, 1.54) is 31.4 Å². The number of unbranched alkanes of at least 4 members (excludes halogenated alkanes) is 5. The van der Waals surface area contributed by atoms with Gasteiger partial charge in [-0.05, 0) is 18.6 Å². The van der Waals surface area contributed by atoms with E-state index in [0.29, 0.717) is 6.54 Å². The zero-order valence-electron chi connectivity index (χ0n) is 11.9. The van der Waals surface area contributed by atoms with E-state index in [9.17, 15) is 8.42 Å². The summed E-state index contributed by atoms with van der Waals surface area (Å²) in [5, 5.41) is 8.93. The fraction of sp³-hybridized carbons (Fsp3) is 0.533. The summed E-state index contributed by atoms with van der Waals surface area (Å²) in [6.45, 7) is 2.59. The van der Waals surface area contributed by atoms with E-state index in [4.69, 9.17) is 5.26 Å². The van der Waals surface area contributed by atoms with Gasteiger partial charge >= 0.3 is 0 Å². The summed E-state index contributed by atoms with van der Waals surface area (Å²) in [5.74, 6) is 0. The monoisotopic (exact) mass is 294 g/mol. The van der Waals surface area contributed by atoms with Crippen molar-refractivity contribution in [3.8, 4) is 6.07 Å². The van der Waals surface area contributed by atoms with E-state index < -0.39 is 10.0 Å². The second-order valence-electron chi connectivity index (χ2n) is 4.77. The standard InChI is InChI=1S/C15H22N2O2S/c1-2-3-4-5-6-9-12-17-20(18,19)15-11-8-7-10-14(15)13-16/h7-8,10-11,17H,2-6,9,12H2,1H3. The molecule has 0 aromatic heterocycles. The Morgan fingerprint density at radius 3 is 2.45 bits per heavy atom. The van der Waals surface area contributed by atoms with E-state index in [0.717, 1.165) is 19.3 Å². The van der Waals surface area contributed by atoms with Crippen LogP contribution in [0.4, 0.5) is 0 Å². The first kappa shape index (κ1) is 16.7. The van der Waals surface area contributed by atoms with Crippen molar-refractivity contribution in [2.24, 2.45) is 0 Å². The average Bonchev–Trinajstić information content (AvgIpc) is 2.46. The Balaban J connectivity index is 2.45. The number of hydrogen-bond donors (Lipinski definition) is 1. The molecule has 0 unspecified atom stereocenters. The molecule has 0 heterocycles. The highest BCUT2D eigenvalue weighted by atomic mass is 32.2. The van der Waals surface area contributed by atoms with Crippen LogP contribution in [0.2, 0.25) is 0 Å². The minimum Gasteiger partial charge on any atom is -0.211 e. The van der Waals surface area contributed by atoms with Gasteiger partial charge in [0.25, 0.3) is 0 Å². The third kappa shape index (κ3) is 5.32. The van der Waals surface area contributed by atoms with Crippen molar-refractivity contribution in [1.82, 2.24) is 4.72 Å². The first-order chi connectivity index (χ1) is 9.61. The molecule has 0 amide bonds. The van der Waals surface area contributed by atoms with Crippen LogP contribution in [0.15, 0.2) is 29.2 Å². The van der Waals surface area contributed by atoms with Crippen molar-refractivity contribution in [1.29, 1.82) is 5.26 Å². The van der Waals surface area contributed by atoms with Gasteiger partial charge in [-0.15, -0.1) is 0 Å². The summed E-state index contributed by atoms with van der Waals surface area (Å²) in [6, 6.07) is 8.16. The van der Waals surface area contributed by atoms with Crippen molar-refractivity contribution >= 4 is 10.0 Å². The molecule has 4 nitrogen and oxygen atoms in total. The van der Waals surface area contributed by atoms with Crippen LogP contribution in [0.25, 0.3) is 0 Å². The van der Waals surface area contributed by atoms with Crippen LogP contribution in [0, 0.1) is 11.3 Å². The van der Waals surface area contributed by atoms with Crippen molar-refractivity contribution in [3.63, 3.8) is 0 Å². The van der Waals surface area contributed by atoms with E-state index in [1.807, 2.05) is 6.07 Å². The molecule has 0 saturated heterocycles. The minimum absolute atomic E-state index is 0.0634. The van der Waals surface area contributed by atoms with E-state index in [2.05, 4.69) is 11.6 Å². The van der Waals surface area contributed by atoms with Gasteiger partial charge in [-0.2, -0.15) is 5.26 Å². The Labute approximate surface area is 121 Å². The summed E-state index contributed by atoms with van der Waals surface area (Å²) in [5.41, 5.74) is 0.183. The van der Waals surface area contributed by atoms with Gasteiger partial charge in [0, 0.05) is 6.54 Å². The average molecular weight is 294 g/mol. The Morgan fingerprint density at radius 1 is 1.10 bits per heavy atom. The fourth-order valence-electron chi connectivity index (χ4n) is 1.98. The quantitative estimate of drug-likeness (QED) is 0.711. The topological polar surface area (TPSA) is 70.0 Å². The highest BCUT2D eigenvalue weighted by Gasteiger charge is 2.16. The van der Waals surface area contributed by atoms with Gasteiger partial charge in [-0.3, -0.25) is 0 Å². The van der Waals surface area contributed by atoms with E-state index >= 15 is 0 Å². The molecule has 1 aromatic carbocycles. The maximum Gasteiger partial charge on any atom is 0.241 e. The number of nitrogens with one attached hydrogen (secondary N) is 1. The molecule has 0 saturated carbocycles. The van der Waals surface area contributed by atoms with Gasteiger partial charge in [0.05, 0.1) is 10.5 Å². The second-order valence-corrected chi connectivity index (χ2v) is 6.51. The molecule has 5 heteroatoms. The van der Waals surface area contributed by atoms with Crippen molar-refractivity contribution in [3.05, 3.63) is 29.8 Å². The molecule has 110 valence electrons. The molecule has 1 aromatic rings. The Morgan fingerprint density at radius 2 is 1.75 bits per heavy atom. The number of nitriles is 1. The number of hydrogen-bond acceptors (Lipinski definition) is 3. The van der Waals surface area contributed by atoms with Gasteiger partial charge in [0.15, 0.2) is 0 Å². The minimum atomic E-state index is -3.57. The summed E-state index contributed by atoms with van der Waals surface area (Å²) < 4.78 is 26.7. The molecule has 0 fully saturated rings. The summed E-state index contributed by atoms with van der Waals surface area (Å²) >= 11 is 0. The molecular formula is C15H22N2O2S. The van der Waals surface area contributed by atoms with Crippen LogP contribution in [0.5, 0.6) is 0 Å². The molecule has 0 aliphatic heterocycles. The van der Waals surface area contributed by atoms with Crippen molar-refractivity contribution < 1.29 is 8.42 Å². The number of benzene rings is 1. The molecule has 0 spiro atoms. The van der Waals surface area contributed by atoms with Crippen LogP contribution in [-0.4, -0.2) is 15.0 Å². The molecular weight excluding hydrogens is 272 g/mol. The molecule has 0 bridgehead atoms. The zero-order chi connectivity index (χ0) is 14.8. The third-order valence-corrected chi connectivity index (χ3v) is 4.64. The van der Waals surface area contributed by atoms with Gasteiger partial charge < -0.3 is 0 Å². The van der Waals surface area contributed by atoms with Gasteiger partial charge in [0.1, 0.15) is 6.07 Å². The van der Waals surface area contributed by atoms with Gasteiger partial charge in [-0.1, -0.05) is 51.2 Å². The number of rotatable bonds is 9. The first-order valence-corrected chi connectivity index (χ1v) is 8.59. The number of nitrogens with zero attached hydrogens (tertiary/aromatic N) is 1. The van der Waals surface area contributed by atoms with Crippen LogP contribution >= 0.6 is 0 Å². The third-order valence-electron chi connectivity index (χ3n) is 3.12. The highest BCUT2D eigenvalue weighted by molar-refractivity contribution is 7.89. The molecule has 1 rings (SSSR count). The van der Waals surface area contributed by atoms with Crippen molar-refractivity contribution in [2.45, 2.75) is 50.3 Å². The lowest BCUT2D eigenvalue weighted by Crippen LogP contribution is -2.25. The van der Waals surface area contributed by atoms with Gasteiger partial charge in [-0.25, -0.2) is 13.1 Å². The summed E-state index contributed by atoms with van der Waals surface area (Å²) in [4.78, 5) is 0.0634.